The molecule has 5 heteroatoms. The minimum absolute atomic E-state index is 0.000556. The largest absolute Gasteiger partial charge is 0.465 e. The van der Waals surface area contributed by atoms with E-state index in [2.05, 4.69) is 0 Å². The number of likely N-dealkylation sites (tertiary alicyclic amines) is 1. The van der Waals surface area contributed by atoms with Gasteiger partial charge in [-0.3, -0.25) is 0 Å². The van der Waals surface area contributed by atoms with E-state index in [9.17, 15) is 4.79 Å². The summed E-state index contributed by atoms with van der Waals surface area (Å²) in [6.45, 7) is 0.884. The average Bonchev–Trinajstić information content (AvgIpc) is 2.04. The van der Waals surface area contributed by atoms with Crippen LogP contribution < -0.4 is 5.73 Å². The van der Waals surface area contributed by atoms with Crippen LogP contribution in [0.2, 0.25) is 0 Å². The molecule has 0 bridgehead atoms. The van der Waals surface area contributed by atoms with Crippen LogP contribution in [-0.4, -0.2) is 48.4 Å². The lowest BCUT2D eigenvalue weighted by molar-refractivity contribution is 0.0267. The van der Waals surface area contributed by atoms with E-state index in [1.54, 1.807) is 7.11 Å². The average molecular weight is 174 g/mol. The first-order chi connectivity index (χ1) is 5.65. The summed E-state index contributed by atoms with van der Waals surface area (Å²) in [5, 5.41) is 8.64. The number of hydrogen-bond donors (Lipinski definition) is 2. The first-order valence-electron chi connectivity index (χ1n) is 3.91. The van der Waals surface area contributed by atoms with Crippen molar-refractivity contribution in [2.45, 2.75) is 18.6 Å². The van der Waals surface area contributed by atoms with E-state index in [4.69, 9.17) is 15.6 Å². The monoisotopic (exact) mass is 174 g/mol. The maximum Gasteiger partial charge on any atom is 0.407 e. The number of amides is 1. The molecule has 0 aromatic rings. The predicted octanol–water partition coefficient (Wildman–Crippen LogP) is -0.288. The molecule has 1 amide bonds. The van der Waals surface area contributed by atoms with E-state index < -0.39 is 6.09 Å². The Morgan fingerprint density at radius 1 is 1.75 bits per heavy atom. The molecule has 12 heavy (non-hydrogen) atoms. The number of rotatable bonds is 1. The van der Waals surface area contributed by atoms with Crippen LogP contribution in [0.1, 0.15) is 6.42 Å². The fourth-order valence-electron chi connectivity index (χ4n) is 1.43. The lowest BCUT2D eigenvalue weighted by Crippen LogP contribution is -2.53. The molecule has 1 unspecified atom stereocenters. The van der Waals surface area contributed by atoms with Crippen molar-refractivity contribution in [3.63, 3.8) is 0 Å². The Bertz CT molecular complexity index is 174. The van der Waals surface area contributed by atoms with Crippen molar-refractivity contribution < 1.29 is 14.6 Å². The summed E-state index contributed by atoms with van der Waals surface area (Å²) >= 11 is 0. The summed E-state index contributed by atoms with van der Waals surface area (Å²) in [5.41, 5.74) is 5.69. The number of nitrogens with zero attached hydrogens (tertiary/aromatic N) is 1. The van der Waals surface area contributed by atoms with Gasteiger partial charge < -0.3 is 20.5 Å². The van der Waals surface area contributed by atoms with Gasteiger partial charge >= 0.3 is 6.09 Å². The summed E-state index contributed by atoms with van der Waals surface area (Å²) in [6, 6.07) is -0.195. The minimum Gasteiger partial charge on any atom is -0.465 e. The highest BCUT2D eigenvalue weighted by molar-refractivity contribution is 5.65. The van der Waals surface area contributed by atoms with E-state index in [0.29, 0.717) is 19.5 Å². The normalized spacial score (nSPS) is 30.3. The van der Waals surface area contributed by atoms with Crippen LogP contribution in [0.25, 0.3) is 0 Å². The van der Waals surface area contributed by atoms with Gasteiger partial charge in [-0.2, -0.15) is 0 Å². The van der Waals surface area contributed by atoms with Crippen LogP contribution in [0, 0.1) is 0 Å². The summed E-state index contributed by atoms with van der Waals surface area (Å²) in [6.07, 6.45) is -0.218. The molecule has 0 radical (unpaired) electrons. The molecule has 0 aromatic carbocycles. The number of nitrogens with two attached hydrogens (primary N) is 1. The van der Waals surface area contributed by atoms with Crippen molar-refractivity contribution in [1.82, 2.24) is 4.90 Å². The molecule has 1 saturated heterocycles. The molecule has 5 nitrogen and oxygen atoms in total. The molecule has 0 saturated carbocycles. The Hall–Kier alpha value is -0.810. The predicted molar refractivity (Wildman–Crippen MR) is 43.0 cm³/mol. The Labute approximate surface area is 71.1 Å². The maximum atomic E-state index is 10.5. The molecule has 1 heterocycles. The summed E-state index contributed by atoms with van der Waals surface area (Å²) in [4.78, 5) is 11.8. The molecule has 3 N–H and O–H groups in total. The van der Waals surface area contributed by atoms with E-state index in [1.165, 1.54) is 4.90 Å². The molecule has 1 aliphatic rings. The zero-order valence-electron chi connectivity index (χ0n) is 7.06. The zero-order chi connectivity index (χ0) is 9.14. The van der Waals surface area contributed by atoms with E-state index in [-0.39, 0.29) is 12.1 Å². The van der Waals surface area contributed by atoms with Crippen LogP contribution in [0.5, 0.6) is 0 Å². The zero-order valence-corrected chi connectivity index (χ0v) is 7.06. The van der Waals surface area contributed by atoms with Crippen LogP contribution in [0.15, 0.2) is 0 Å². The van der Waals surface area contributed by atoms with E-state index in [1.807, 2.05) is 0 Å². The number of carbonyl (C=O) groups is 1. The van der Waals surface area contributed by atoms with Crippen molar-refractivity contribution in [3.8, 4) is 0 Å². The molecule has 0 aliphatic carbocycles. The summed E-state index contributed by atoms with van der Waals surface area (Å²) in [5.74, 6) is 0. The van der Waals surface area contributed by atoms with Crippen molar-refractivity contribution in [1.29, 1.82) is 0 Å². The number of methoxy groups -OCH3 is 1. The summed E-state index contributed by atoms with van der Waals surface area (Å²) in [7, 11) is 1.60. The number of hydrogen-bond acceptors (Lipinski definition) is 3. The molecule has 1 aliphatic heterocycles. The van der Waals surface area contributed by atoms with Gasteiger partial charge in [0.15, 0.2) is 0 Å². The quantitative estimate of drug-likeness (QED) is 0.573. The van der Waals surface area contributed by atoms with Gasteiger partial charge in [0.2, 0.25) is 0 Å². The third-order valence-electron chi connectivity index (χ3n) is 2.17. The van der Waals surface area contributed by atoms with Crippen molar-refractivity contribution in [3.05, 3.63) is 0 Å². The topological polar surface area (TPSA) is 75.8 Å². The highest BCUT2D eigenvalue weighted by atomic mass is 16.5. The van der Waals surface area contributed by atoms with Crippen LogP contribution in [0.4, 0.5) is 4.79 Å². The van der Waals surface area contributed by atoms with Crippen molar-refractivity contribution in [2.75, 3.05) is 20.2 Å². The molecular formula is C7H14N2O3. The van der Waals surface area contributed by atoms with E-state index in [0.717, 1.165) is 0 Å². The molecule has 1 rings (SSSR count). The highest BCUT2D eigenvalue weighted by Gasteiger charge is 2.28. The van der Waals surface area contributed by atoms with Gasteiger partial charge in [-0.25, -0.2) is 4.79 Å². The van der Waals surface area contributed by atoms with Gasteiger partial charge in [-0.1, -0.05) is 0 Å². The molecular weight excluding hydrogens is 160 g/mol. The van der Waals surface area contributed by atoms with E-state index >= 15 is 0 Å². The van der Waals surface area contributed by atoms with Gasteiger partial charge in [-0.05, 0) is 6.42 Å². The lowest BCUT2D eigenvalue weighted by Gasteiger charge is -2.34. The van der Waals surface area contributed by atoms with Crippen LogP contribution in [0.3, 0.4) is 0 Å². The number of carboxylic acid groups (broad SMARTS) is 1. The standard InChI is InChI=1S/C7H14N2O3/c1-12-6-2-3-9(7(10)11)4-5(6)8/h5-6H,2-4,8H2,1H3,(H,10,11)/t5-,6?/m1/s1. The second-order valence-electron chi connectivity index (χ2n) is 2.96. The number of piperidine rings is 1. The molecule has 70 valence electrons. The Morgan fingerprint density at radius 3 is 2.83 bits per heavy atom. The maximum absolute atomic E-state index is 10.5. The first kappa shape index (κ1) is 9.28. The molecule has 2 atom stereocenters. The second kappa shape index (κ2) is 3.73. The van der Waals surface area contributed by atoms with Crippen molar-refractivity contribution in [2.24, 2.45) is 5.73 Å². The van der Waals surface area contributed by atoms with Crippen LogP contribution >= 0.6 is 0 Å². The highest BCUT2D eigenvalue weighted by Crippen LogP contribution is 2.11. The third-order valence-corrected chi connectivity index (χ3v) is 2.17. The lowest BCUT2D eigenvalue weighted by atomic mass is 10.0. The van der Waals surface area contributed by atoms with Gasteiger partial charge in [-0.15, -0.1) is 0 Å². The van der Waals surface area contributed by atoms with Gasteiger partial charge in [0.25, 0.3) is 0 Å². The third kappa shape index (κ3) is 1.86. The Balaban J connectivity index is 2.46. The Kier molecular flexibility index (Phi) is 2.88. The van der Waals surface area contributed by atoms with Gasteiger partial charge in [0, 0.05) is 26.2 Å². The smallest absolute Gasteiger partial charge is 0.407 e. The fourth-order valence-corrected chi connectivity index (χ4v) is 1.43. The minimum atomic E-state index is -0.903. The van der Waals surface area contributed by atoms with Gasteiger partial charge in [0.05, 0.1) is 6.10 Å². The molecule has 0 aromatic heterocycles. The molecule has 0 spiro atoms. The fraction of sp³-hybridized carbons (Fsp3) is 0.857. The molecule has 1 fully saturated rings. The summed E-state index contributed by atoms with van der Waals surface area (Å²) < 4.78 is 5.09. The van der Waals surface area contributed by atoms with Crippen molar-refractivity contribution >= 4 is 6.09 Å². The van der Waals surface area contributed by atoms with Crippen LogP contribution in [-0.2, 0) is 4.74 Å². The van der Waals surface area contributed by atoms with Gasteiger partial charge in [0.1, 0.15) is 0 Å². The second-order valence-corrected chi connectivity index (χ2v) is 2.96. The first-order valence-corrected chi connectivity index (χ1v) is 3.91. The SMILES string of the molecule is COC1CCN(C(=O)O)C[C@H]1N. The Morgan fingerprint density at radius 2 is 2.42 bits per heavy atom. The number of ether oxygens (including phenoxy) is 1.